The number of anilines is 1. The third-order valence-electron chi connectivity index (χ3n) is 6.07. The number of carbonyl (C=O) groups excluding carboxylic acids is 1. The second kappa shape index (κ2) is 7.67. The fourth-order valence-corrected chi connectivity index (χ4v) is 4.41. The van der Waals surface area contributed by atoms with Gasteiger partial charge >= 0.3 is 0 Å². The van der Waals surface area contributed by atoms with Crippen molar-refractivity contribution in [3.63, 3.8) is 0 Å². The predicted octanol–water partition coefficient (Wildman–Crippen LogP) is 3.24. The molecule has 5 nitrogen and oxygen atoms in total. The fraction of sp³-hybridized carbons (Fsp3) is 0.500. The molecule has 1 amide bonds. The van der Waals surface area contributed by atoms with Crippen molar-refractivity contribution in [3.05, 3.63) is 53.7 Å². The van der Waals surface area contributed by atoms with Crippen molar-refractivity contribution in [1.82, 2.24) is 15.1 Å². The number of carbonyl (C=O) groups is 1. The van der Waals surface area contributed by atoms with Gasteiger partial charge in [-0.05, 0) is 50.3 Å². The number of benzene rings is 1. The molecule has 2 aliphatic rings. The number of aryl methyl sites for hydroxylation is 2. The lowest BCUT2D eigenvalue weighted by Gasteiger charge is -2.39. The smallest absolute Gasteiger partial charge is 0.223 e. The molecule has 0 aliphatic carbocycles. The largest absolute Gasteiger partial charge is 0.355 e. The summed E-state index contributed by atoms with van der Waals surface area (Å²) in [5.41, 5.74) is 2.46. The highest BCUT2D eigenvalue weighted by molar-refractivity contribution is 5.79. The number of hydrogen-bond acceptors (Lipinski definition) is 4. The average Bonchev–Trinajstić information content (AvgIpc) is 2.99. The van der Waals surface area contributed by atoms with Gasteiger partial charge in [0.15, 0.2) is 5.82 Å². The molecular weight excluding hydrogens is 336 g/mol. The van der Waals surface area contributed by atoms with Crippen LogP contribution in [0.3, 0.4) is 0 Å². The van der Waals surface area contributed by atoms with Crippen LogP contribution in [0.25, 0.3) is 0 Å². The molecule has 142 valence electrons. The SMILES string of the molecule is Cc1ccc(N2CCC3(CC2)CC(=O)N(CCCc2ccccc2)C3)nn1. The summed E-state index contributed by atoms with van der Waals surface area (Å²) in [6, 6.07) is 14.6. The summed E-state index contributed by atoms with van der Waals surface area (Å²) in [5.74, 6) is 1.30. The Morgan fingerprint density at radius 3 is 2.52 bits per heavy atom. The number of rotatable bonds is 5. The Hall–Kier alpha value is -2.43. The standard InChI is InChI=1S/C22H28N4O/c1-18-9-10-20(24-23-18)25-14-11-22(12-15-25)16-21(27)26(17-22)13-5-8-19-6-3-2-4-7-19/h2-4,6-7,9-10H,5,8,11-17H2,1H3. The van der Waals surface area contributed by atoms with Crippen molar-refractivity contribution < 1.29 is 4.79 Å². The van der Waals surface area contributed by atoms with E-state index in [0.717, 1.165) is 63.4 Å². The van der Waals surface area contributed by atoms with E-state index in [0.29, 0.717) is 12.3 Å². The number of aromatic nitrogens is 2. The minimum absolute atomic E-state index is 0.165. The molecule has 2 fully saturated rings. The van der Waals surface area contributed by atoms with Gasteiger partial charge in [0.25, 0.3) is 0 Å². The van der Waals surface area contributed by atoms with Crippen LogP contribution in [0.2, 0.25) is 0 Å². The second-order valence-corrected chi connectivity index (χ2v) is 8.10. The zero-order valence-corrected chi connectivity index (χ0v) is 16.1. The van der Waals surface area contributed by atoms with Gasteiger partial charge in [-0.15, -0.1) is 5.10 Å². The van der Waals surface area contributed by atoms with Crippen LogP contribution in [0.4, 0.5) is 5.82 Å². The molecular formula is C22H28N4O. The minimum atomic E-state index is 0.165. The van der Waals surface area contributed by atoms with Crippen LogP contribution in [0, 0.1) is 12.3 Å². The Morgan fingerprint density at radius 2 is 1.81 bits per heavy atom. The maximum absolute atomic E-state index is 12.6. The first-order valence-corrected chi connectivity index (χ1v) is 10.0. The van der Waals surface area contributed by atoms with Crippen molar-refractivity contribution in [2.24, 2.45) is 5.41 Å². The average molecular weight is 364 g/mol. The predicted molar refractivity (Wildman–Crippen MR) is 107 cm³/mol. The summed E-state index contributed by atoms with van der Waals surface area (Å²) in [7, 11) is 0. The van der Waals surface area contributed by atoms with E-state index in [1.165, 1.54) is 5.56 Å². The van der Waals surface area contributed by atoms with Crippen LogP contribution in [0.1, 0.15) is 36.9 Å². The monoisotopic (exact) mass is 364 g/mol. The van der Waals surface area contributed by atoms with Crippen molar-refractivity contribution in [1.29, 1.82) is 0 Å². The third kappa shape index (κ3) is 4.12. The molecule has 0 atom stereocenters. The number of hydrogen-bond donors (Lipinski definition) is 0. The highest BCUT2D eigenvalue weighted by atomic mass is 16.2. The molecule has 0 N–H and O–H groups in total. The Balaban J connectivity index is 1.29. The molecule has 1 aromatic heterocycles. The van der Waals surface area contributed by atoms with Gasteiger partial charge in [-0.25, -0.2) is 0 Å². The van der Waals surface area contributed by atoms with Gasteiger partial charge in [0.2, 0.25) is 5.91 Å². The fourth-order valence-electron chi connectivity index (χ4n) is 4.41. The van der Waals surface area contributed by atoms with E-state index >= 15 is 0 Å². The minimum Gasteiger partial charge on any atom is -0.355 e. The van der Waals surface area contributed by atoms with Crippen LogP contribution in [-0.2, 0) is 11.2 Å². The first kappa shape index (κ1) is 18.0. The molecule has 2 aromatic rings. The van der Waals surface area contributed by atoms with Crippen molar-refractivity contribution in [2.75, 3.05) is 31.1 Å². The first-order chi connectivity index (χ1) is 13.1. The van der Waals surface area contributed by atoms with Gasteiger partial charge in [0, 0.05) is 38.0 Å². The van der Waals surface area contributed by atoms with Crippen molar-refractivity contribution >= 4 is 11.7 Å². The van der Waals surface area contributed by atoms with E-state index in [9.17, 15) is 4.79 Å². The van der Waals surface area contributed by atoms with Crippen LogP contribution in [0.15, 0.2) is 42.5 Å². The normalized spacial score (nSPS) is 19.1. The van der Waals surface area contributed by atoms with Crippen molar-refractivity contribution in [2.45, 2.75) is 39.0 Å². The van der Waals surface area contributed by atoms with Gasteiger partial charge in [-0.2, -0.15) is 5.10 Å². The summed E-state index contributed by atoms with van der Waals surface area (Å²) >= 11 is 0. The van der Waals surface area contributed by atoms with Crippen LogP contribution in [0.5, 0.6) is 0 Å². The second-order valence-electron chi connectivity index (χ2n) is 8.10. The Kier molecular flexibility index (Phi) is 5.10. The topological polar surface area (TPSA) is 49.3 Å². The van der Waals surface area contributed by atoms with Crippen LogP contribution >= 0.6 is 0 Å². The molecule has 0 unspecified atom stereocenters. The molecule has 3 heterocycles. The van der Waals surface area contributed by atoms with Gasteiger partial charge < -0.3 is 9.80 Å². The third-order valence-corrected chi connectivity index (χ3v) is 6.07. The number of nitrogens with zero attached hydrogens (tertiary/aromatic N) is 4. The highest BCUT2D eigenvalue weighted by Gasteiger charge is 2.44. The molecule has 0 saturated carbocycles. The highest BCUT2D eigenvalue weighted by Crippen LogP contribution is 2.41. The lowest BCUT2D eigenvalue weighted by molar-refractivity contribution is -0.127. The van der Waals surface area contributed by atoms with E-state index in [1.807, 2.05) is 19.1 Å². The number of likely N-dealkylation sites (tertiary alicyclic amines) is 1. The van der Waals surface area contributed by atoms with Gasteiger partial charge in [-0.3, -0.25) is 4.79 Å². The zero-order valence-electron chi connectivity index (χ0n) is 16.1. The van der Waals surface area contributed by atoms with E-state index in [-0.39, 0.29) is 5.41 Å². The van der Waals surface area contributed by atoms with E-state index in [1.54, 1.807) is 0 Å². The maximum atomic E-state index is 12.6. The summed E-state index contributed by atoms with van der Waals surface area (Å²) in [4.78, 5) is 17.0. The van der Waals surface area contributed by atoms with E-state index < -0.39 is 0 Å². The molecule has 27 heavy (non-hydrogen) atoms. The summed E-state index contributed by atoms with van der Waals surface area (Å²) < 4.78 is 0. The molecule has 0 bridgehead atoms. The Morgan fingerprint density at radius 1 is 1.04 bits per heavy atom. The number of piperidine rings is 1. The number of amides is 1. The van der Waals surface area contributed by atoms with Crippen LogP contribution < -0.4 is 4.90 Å². The summed E-state index contributed by atoms with van der Waals surface area (Å²) in [6.45, 7) is 5.68. The van der Waals surface area contributed by atoms with Gasteiger partial charge in [0.1, 0.15) is 0 Å². The molecule has 0 radical (unpaired) electrons. The first-order valence-electron chi connectivity index (χ1n) is 10.0. The summed E-state index contributed by atoms with van der Waals surface area (Å²) in [6.07, 6.45) is 4.91. The Labute approximate surface area is 161 Å². The van der Waals surface area contributed by atoms with Gasteiger partial charge in [-0.1, -0.05) is 30.3 Å². The van der Waals surface area contributed by atoms with Crippen molar-refractivity contribution in [3.8, 4) is 0 Å². The molecule has 2 aliphatic heterocycles. The van der Waals surface area contributed by atoms with E-state index in [2.05, 4.69) is 50.3 Å². The molecule has 1 spiro atoms. The quantitative estimate of drug-likeness (QED) is 0.817. The molecule has 4 rings (SSSR count). The summed E-state index contributed by atoms with van der Waals surface area (Å²) in [5, 5.41) is 8.49. The lowest BCUT2D eigenvalue weighted by atomic mass is 9.77. The molecule has 2 saturated heterocycles. The van der Waals surface area contributed by atoms with E-state index in [4.69, 9.17) is 0 Å². The molecule has 1 aromatic carbocycles. The Bertz CT molecular complexity index is 767. The van der Waals surface area contributed by atoms with Crippen LogP contribution in [-0.4, -0.2) is 47.2 Å². The lowest BCUT2D eigenvalue weighted by Crippen LogP contribution is -2.42. The van der Waals surface area contributed by atoms with Gasteiger partial charge in [0.05, 0.1) is 5.69 Å². The zero-order chi connectivity index (χ0) is 18.7. The molecule has 5 heteroatoms. The maximum Gasteiger partial charge on any atom is 0.223 e.